The second kappa shape index (κ2) is 9.86. The maximum atomic E-state index is 4.66. The Morgan fingerprint density at radius 2 is 1.67 bits per heavy atom. The highest BCUT2D eigenvalue weighted by Crippen LogP contribution is 2.33. The highest BCUT2D eigenvalue weighted by atomic mass is 32.2. The van der Waals surface area contributed by atoms with Crippen molar-refractivity contribution in [2.24, 2.45) is 0 Å². The van der Waals surface area contributed by atoms with Gasteiger partial charge in [-0.3, -0.25) is 0 Å². The minimum absolute atomic E-state index is 0.638. The van der Waals surface area contributed by atoms with Gasteiger partial charge in [-0.2, -0.15) is 0 Å². The number of nitrogens with zero attached hydrogens (tertiary/aromatic N) is 1. The Morgan fingerprint density at radius 3 is 2.24 bits per heavy atom. The van der Waals surface area contributed by atoms with Gasteiger partial charge >= 0.3 is 0 Å². The van der Waals surface area contributed by atoms with Crippen LogP contribution in [0.3, 0.4) is 0 Å². The van der Waals surface area contributed by atoms with Gasteiger partial charge in [0.2, 0.25) is 0 Å². The van der Waals surface area contributed by atoms with E-state index in [1.165, 1.54) is 68.5 Å². The van der Waals surface area contributed by atoms with Crippen molar-refractivity contribution >= 4 is 23.1 Å². The SMILES string of the molecule is CNC1CCCCCCCCCCC1Sc1nc(C)cs1. The molecule has 2 nitrogen and oxygen atoms in total. The summed E-state index contributed by atoms with van der Waals surface area (Å²) in [6.45, 7) is 2.09. The molecule has 0 radical (unpaired) electrons. The van der Waals surface area contributed by atoms with Crippen LogP contribution in [0.15, 0.2) is 9.72 Å². The molecule has 21 heavy (non-hydrogen) atoms. The third kappa shape index (κ3) is 6.29. The number of thioether (sulfide) groups is 1. The van der Waals surface area contributed by atoms with Crippen LogP contribution in [-0.2, 0) is 0 Å². The average molecular weight is 327 g/mol. The van der Waals surface area contributed by atoms with E-state index in [0.717, 1.165) is 5.69 Å². The lowest BCUT2D eigenvalue weighted by Crippen LogP contribution is -2.35. The highest BCUT2D eigenvalue weighted by Gasteiger charge is 2.22. The molecule has 1 heterocycles. The first-order chi connectivity index (χ1) is 10.3. The van der Waals surface area contributed by atoms with Crippen LogP contribution in [0.25, 0.3) is 0 Å². The minimum Gasteiger partial charge on any atom is -0.316 e. The molecule has 0 aliphatic heterocycles. The molecule has 1 N–H and O–H groups in total. The third-order valence-corrected chi connectivity index (χ3v) is 6.91. The first-order valence-corrected chi connectivity index (χ1v) is 10.3. The Bertz CT molecular complexity index is 392. The van der Waals surface area contributed by atoms with E-state index in [2.05, 4.69) is 29.7 Å². The topological polar surface area (TPSA) is 24.9 Å². The van der Waals surface area contributed by atoms with E-state index >= 15 is 0 Å². The average Bonchev–Trinajstić information content (AvgIpc) is 2.87. The number of aromatic nitrogens is 1. The number of nitrogens with one attached hydrogen (secondary N) is 1. The molecule has 1 saturated carbocycles. The normalized spacial score (nSPS) is 26.0. The summed E-state index contributed by atoms with van der Waals surface area (Å²) < 4.78 is 1.25. The van der Waals surface area contributed by atoms with E-state index in [9.17, 15) is 0 Å². The van der Waals surface area contributed by atoms with Gasteiger partial charge in [0, 0.05) is 22.4 Å². The molecule has 2 atom stereocenters. The minimum atomic E-state index is 0.638. The highest BCUT2D eigenvalue weighted by molar-refractivity contribution is 8.01. The van der Waals surface area contributed by atoms with Crippen LogP contribution in [0, 0.1) is 6.92 Å². The summed E-state index contributed by atoms with van der Waals surface area (Å²) in [6.07, 6.45) is 14.0. The van der Waals surface area contributed by atoms with Crippen molar-refractivity contribution in [1.29, 1.82) is 0 Å². The van der Waals surface area contributed by atoms with Gasteiger partial charge in [-0.05, 0) is 26.8 Å². The predicted molar refractivity (Wildman–Crippen MR) is 95.5 cm³/mol. The number of thiazole rings is 1. The molecule has 4 heteroatoms. The van der Waals surface area contributed by atoms with E-state index in [1.54, 1.807) is 0 Å². The van der Waals surface area contributed by atoms with Crippen LogP contribution in [-0.4, -0.2) is 23.3 Å². The fraction of sp³-hybridized carbons (Fsp3) is 0.824. The Balaban J connectivity index is 1.95. The molecule has 2 rings (SSSR count). The summed E-state index contributed by atoms with van der Waals surface area (Å²) in [7, 11) is 2.14. The summed E-state index contributed by atoms with van der Waals surface area (Å²) in [5.74, 6) is 0. The molecule has 0 amide bonds. The van der Waals surface area contributed by atoms with Crippen molar-refractivity contribution in [3.63, 3.8) is 0 Å². The lowest BCUT2D eigenvalue weighted by Gasteiger charge is -2.26. The molecule has 2 unspecified atom stereocenters. The molecule has 0 saturated heterocycles. The summed E-state index contributed by atoms with van der Waals surface area (Å²) in [6, 6.07) is 0.638. The Labute approximate surface area is 138 Å². The number of aryl methyl sites for hydroxylation is 1. The van der Waals surface area contributed by atoms with E-state index in [4.69, 9.17) is 0 Å². The molecule has 0 spiro atoms. The molecule has 1 aliphatic carbocycles. The van der Waals surface area contributed by atoms with Crippen LogP contribution in [0.2, 0.25) is 0 Å². The first kappa shape index (κ1) is 17.3. The molecule has 1 aromatic rings. The van der Waals surface area contributed by atoms with Crippen LogP contribution < -0.4 is 5.32 Å². The second-order valence-corrected chi connectivity index (χ2v) is 8.56. The quantitative estimate of drug-likeness (QED) is 0.803. The zero-order valence-corrected chi connectivity index (χ0v) is 15.2. The van der Waals surface area contributed by atoms with Crippen molar-refractivity contribution in [2.75, 3.05) is 7.05 Å². The zero-order valence-electron chi connectivity index (χ0n) is 13.6. The van der Waals surface area contributed by atoms with Gasteiger partial charge in [0.1, 0.15) is 4.34 Å². The zero-order chi connectivity index (χ0) is 14.9. The van der Waals surface area contributed by atoms with Gasteiger partial charge < -0.3 is 5.32 Å². The van der Waals surface area contributed by atoms with Gasteiger partial charge in [-0.1, -0.05) is 63.1 Å². The third-order valence-electron chi connectivity index (χ3n) is 4.42. The smallest absolute Gasteiger partial charge is 0.150 e. The maximum Gasteiger partial charge on any atom is 0.150 e. The molecule has 120 valence electrons. The van der Waals surface area contributed by atoms with Crippen molar-refractivity contribution in [2.45, 2.75) is 86.8 Å². The monoisotopic (exact) mass is 326 g/mol. The van der Waals surface area contributed by atoms with Crippen molar-refractivity contribution < 1.29 is 0 Å². The van der Waals surface area contributed by atoms with Gasteiger partial charge in [0.25, 0.3) is 0 Å². The second-order valence-electron chi connectivity index (χ2n) is 6.21. The largest absolute Gasteiger partial charge is 0.316 e. The maximum absolute atomic E-state index is 4.66. The molecule has 1 aliphatic rings. The van der Waals surface area contributed by atoms with Gasteiger partial charge in [-0.15, -0.1) is 11.3 Å². The summed E-state index contributed by atoms with van der Waals surface area (Å²) in [5.41, 5.74) is 1.16. The van der Waals surface area contributed by atoms with Gasteiger partial charge in [-0.25, -0.2) is 4.98 Å². The molecular weight excluding hydrogens is 296 g/mol. The summed E-state index contributed by atoms with van der Waals surface area (Å²) in [4.78, 5) is 4.66. The Morgan fingerprint density at radius 1 is 1.05 bits per heavy atom. The van der Waals surface area contributed by atoms with Gasteiger partial charge in [0.05, 0.1) is 0 Å². The van der Waals surface area contributed by atoms with Crippen molar-refractivity contribution in [3.8, 4) is 0 Å². The predicted octanol–water partition coefficient (Wildman–Crippen LogP) is 5.41. The van der Waals surface area contributed by atoms with Crippen molar-refractivity contribution in [3.05, 3.63) is 11.1 Å². The lowest BCUT2D eigenvalue weighted by molar-refractivity contribution is 0.434. The van der Waals surface area contributed by atoms with Crippen LogP contribution in [0.4, 0.5) is 0 Å². The first-order valence-electron chi connectivity index (χ1n) is 8.55. The standard InChI is InChI=1S/C17H30N2S2/c1-14-13-20-17(19-14)21-16-12-10-8-6-4-3-5-7-9-11-15(16)18-2/h13,15-16,18H,3-12H2,1-2H3. The summed E-state index contributed by atoms with van der Waals surface area (Å²) >= 11 is 3.82. The lowest BCUT2D eigenvalue weighted by atomic mass is 9.97. The van der Waals surface area contributed by atoms with E-state index < -0.39 is 0 Å². The fourth-order valence-corrected chi connectivity index (χ4v) is 5.58. The number of hydrogen-bond donors (Lipinski definition) is 1. The van der Waals surface area contributed by atoms with E-state index in [-0.39, 0.29) is 0 Å². The van der Waals surface area contributed by atoms with Crippen LogP contribution >= 0.6 is 23.1 Å². The Hall–Kier alpha value is -0.0600. The van der Waals surface area contributed by atoms with E-state index in [0.29, 0.717) is 11.3 Å². The molecule has 0 bridgehead atoms. The van der Waals surface area contributed by atoms with Crippen molar-refractivity contribution in [1.82, 2.24) is 10.3 Å². The molecule has 1 fully saturated rings. The molecular formula is C17H30N2S2. The van der Waals surface area contributed by atoms with E-state index in [1.807, 2.05) is 23.1 Å². The summed E-state index contributed by atoms with van der Waals surface area (Å²) in [5, 5.41) is 6.44. The molecule has 1 aromatic heterocycles. The van der Waals surface area contributed by atoms with Crippen LogP contribution in [0.5, 0.6) is 0 Å². The fourth-order valence-electron chi connectivity index (χ4n) is 3.14. The number of rotatable bonds is 3. The van der Waals surface area contributed by atoms with Crippen LogP contribution in [0.1, 0.15) is 69.9 Å². The van der Waals surface area contributed by atoms with Gasteiger partial charge in [0.15, 0.2) is 0 Å². The molecule has 0 aromatic carbocycles. The number of hydrogen-bond acceptors (Lipinski definition) is 4. The Kier molecular flexibility index (Phi) is 8.12.